The quantitative estimate of drug-likeness (QED) is 0.320. The van der Waals surface area contributed by atoms with Gasteiger partial charge < -0.3 is 13.9 Å². The van der Waals surface area contributed by atoms with E-state index in [0.717, 1.165) is 11.1 Å². The topological polar surface area (TPSA) is 44.8 Å². The molecule has 0 amide bonds. The zero-order valence-corrected chi connectivity index (χ0v) is 15.8. The van der Waals surface area contributed by atoms with Gasteiger partial charge in [0, 0.05) is 6.08 Å². The molecule has 0 aliphatic heterocycles. The zero-order valence-electron chi connectivity index (χ0n) is 14.8. The van der Waals surface area contributed by atoms with Crippen molar-refractivity contribution < 1.29 is 18.7 Å². The lowest BCUT2D eigenvalue weighted by Gasteiger charge is -2.21. The van der Waals surface area contributed by atoms with Crippen LogP contribution in [0.4, 0.5) is 0 Å². The van der Waals surface area contributed by atoms with Crippen LogP contribution in [0.1, 0.15) is 19.4 Å². The third kappa shape index (κ3) is 7.70. The number of hydrogen-bond acceptors (Lipinski definition) is 4. The highest BCUT2D eigenvalue weighted by Gasteiger charge is 2.18. The summed E-state index contributed by atoms with van der Waals surface area (Å²) in [4.78, 5) is 11.6. The second-order valence-corrected chi connectivity index (χ2v) is 10.8. The van der Waals surface area contributed by atoms with Crippen LogP contribution in [0.3, 0.4) is 0 Å². The van der Waals surface area contributed by atoms with Crippen molar-refractivity contribution in [2.45, 2.75) is 33.5 Å². The molecule has 1 aromatic carbocycles. The Balaban J connectivity index is 2.80. The van der Waals surface area contributed by atoms with Crippen molar-refractivity contribution in [2.75, 3.05) is 13.7 Å². The fraction of sp³-hybridized carbons (Fsp3) is 0.389. The van der Waals surface area contributed by atoms with Crippen molar-refractivity contribution in [2.24, 2.45) is 0 Å². The Morgan fingerprint density at radius 3 is 2.43 bits per heavy atom. The van der Waals surface area contributed by atoms with Gasteiger partial charge in [-0.2, -0.15) is 0 Å². The summed E-state index contributed by atoms with van der Waals surface area (Å²) < 4.78 is 16.4. The third-order valence-corrected chi connectivity index (χ3v) is 3.57. The lowest BCUT2D eigenvalue weighted by atomic mass is 10.2. The van der Waals surface area contributed by atoms with Gasteiger partial charge in [-0.1, -0.05) is 11.6 Å². The minimum absolute atomic E-state index is 0.290. The van der Waals surface area contributed by atoms with E-state index in [1.165, 1.54) is 6.08 Å². The van der Waals surface area contributed by atoms with Gasteiger partial charge in [0.1, 0.15) is 12.4 Å². The first-order chi connectivity index (χ1) is 10.7. The molecule has 0 unspecified atom stereocenters. The molecule has 0 N–H and O–H groups in total. The van der Waals surface area contributed by atoms with Crippen LogP contribution >= 0.6 is 0 Å². The lowest BCUT2D eigenvalue weighted by Crippen LogP contribution is -2.29. The molecule has 1 aromatic rings. The predicted molar refractivity (Wildman–Crippen MR) is 96.4 cm³/mol. The van der Waals surface area contributed by atoms with Gasteiger partial charge in [-0.25, -0.2) is 4.79 Å². The highest BCUT2D eigenvalue weighted by atomic mass is 28.4. The molecular weight excluding hydrogens is 308 g/mol. The summed E-state index contributed by atoms with van der Waals surface area (Å²) >= 11 is 0. The maximum Gasteiger partial charge on any atom is 0.331 e. The first-order valence-electron chi connectivity index (χ1n) is 7.56. The maximum absolute atomic E-state index is 11.6. The summed E-state index contributed by atoms with van der Waals surface area (Å²) in [5.41, 5.74) is 1.98. The fourth-order valence-corrected chi connectivity index (χ4v) is 2.53. The number of rotatable bonds is 7. The highest BCUT2D eigenvalue weighted by molar-refractivity contribution is 6.70. The Bertz CT molecular complexity index is 594. The molecule has 0 aromatic heterocycles. The molecular formula is C18H26O4Si. The van der Waals surface area contributed by atoms with Gasteiger partial charge in [-0.05, 0) is 63.3 Å². The molecule has 0 saturated carbocycles. The second-order valence-electron chi connectivity index (χ2n) is 6.37. The van der Waals surface area contributed by atoms with Crippen LogP contribution in [0, 0.1) is 0 Å². The monoisotopic (exact) mass is 334 g/mol. The van der Waals surface area contributed by atoms with Gasteiger partial charge in [0.2, 0.25) is 8.32 Å². The zero-order chi connectivity index (χ0) is 17.5. The molecule has 0 fully saturated rings. The molecule has 1 rings (SSSR count). The number of carbonyl (C=O) groups is 1. The van der Waals surface area contributed by atoms with Crippen LogP contribution in [0.5, 0.6) is 11.5 Å². The highest BCUT2D eigenvalue weighted by Crippen LogP contribution is 2.30. The van der Waals surface area contributed by atoms with Gasteiger partial charge in [0.05, 0.1) is 7.11 Å². The van der Waals surface area contributed by atoms with Gasteiger partial charge >= 0.3 is 5.97 Å². The number of hydrogen-bond donors (Lipinski definition) is 0. The standard InChI is InChI=1S/C18H26O4Si/c1-14(2)11-12-21-18(19)10-8-15-7-9-16(20-3)17(13-15)22-23(4,5)6/h7-11,13H,12H2,1-6H3/b10-8-. The minimum Gasteiger partial charge on any atom is -0.542 e. The van der Waals surface area contributed by atoms with Crippen molar-refractivity contribution in [3.8, 4) is 11.5 Å². The molecule has 0 bridgehead atoms. The molecule has 5 heteroatoms. The van der Waals surface area contributed by atoms with Crippen LogP contribution in [0.15, 0.2) is 35.9 Å². The number of ether oxygens (including phenoxy) is 2. The Morgan fingerprint density at radius 1 is 1.17 bits per heavy atom. The fourth-order valence-electron chi connectivity index (χ4n) is 1.71. The number of methoxy groups -OCH3 is 1. The Hall–Kier alpha value is -2.01. The van der Waals surface area contributed by atoms with Crippen LogP contribution in [-0.2, 0) is 9.53 Å². The summed E-state index contributed by atoms with van der Waals surface area (Å²) in [5, 5.41) is 0. The van der Waals surface area contributed by atoms with Crippen LogP contribution < -0.4 is 9.16 Å². The molecule has 0 heterocycles. The second kappa shape index (κ2) is 8.58. The van der Waals surface area contributed by atoms with E-state index in [2.05, 4.69) is 19.6 Å². The molecule has 0 aliphatic rings. The molecule has 0 spiro atoms. The molecule has 126 valence electrons. The van der Waals surface area contributed by atoms with Crippen molar-refractivity contribution in [3.05, 3.63) is 41.5 Å². The molecule has 0 saturated heterocycles. The van der Waals surface area contributed by atoms with E-state index < -0.39 is 8.32 Å². The molecule has 0 aliphatic carbocycles. The lowest BCUT2D eigenvalue weighted by molar-refractivity contribution is -0.136. The number of allylic oxidation sites excluding steroid dienone is 1. The summed E-state index contributed by atoms with van der Waals surface area (Å²) in [6, 6.07) is 5.58. The van der Waals surface area contributed by atoms with Gasteiger partial charge in [-0.3, -0.25) is 0 Å². The summed E-state index contributed by atoms with van der Waals surface area (Å²) in [6.07, 6.45) is 4.99. The van der Waals surface area contributed by atoms with E-state index >= 15 is 0 Å². The van der Waals surface area contributed by atoms with E-state index in [1.807, 2.05) is 38.1 Å². The molecule has 23 heavy (non-hydrogen) atoms. The summed E-state index contributed by atoms with van der Waals surface area (Å²) in [7, 11) is -0.130. The largest absolute Gasteiger partial charge is 0.542 e. The molecule has 0 radical (unpaired) electrons. The first kappa shape index (κ1) is 19.0. The van der Waals surface area contributed by atoms with E-state index in [9.17, 15) is 4.79 Å². The SMILES string of the molecule is COc1ccc(/C=C\C(=O)OCC=C(C)C)cc1O[Si](C)(C)C. The average Bonchev–Trinajstić information content (AvgIpc) is 2.43. The van der Waals surface area contributed by atoms with E-state index in [0.29, 0.717) is 11.5 Å². The Labute approximate surface area is 139 Å². The normalized spacial score (nSPS) is 11.2. The minimum atomic E-state index is -1.74. The van der Waals surface area contributed by atoms with Crippen molar-refractivity contribution >= 4 is 20.4 Å². The smallest absolute Gasteiger partial charge is 0.331 e. The van der Waals surface area contributed by atoms with Crippen molar-refractivity contribution in [1.29, 1.82) is 0 Å². The number of carbonyl (C=O) groups excluding carboxylic acids is 1. The van der Waals surface area contributed by atoms with Gasteiger partial charge in [0.15, 0.2) is 5.75 Å². The van der Waals surface area contributed by atoms with E-state index in [1.54, 1.807) is 13.2 Å². The first-order valence-corrected chi connectivity index (χ1v) is 11.0. The number of esters is 1. The van der Waals surface area contributed by atoms with Crippen molar-refractivity contribution in [3.63, 3.8) is 0 Å². The number of benzene rings is 1. The van der Waals surface area contributed by atoms with E-state index in [-0.39, 0.29) is 12.6 Å². The van der Waals surface area contributed by atoms with Crippen LogP contribution in [0.25, 0.3) is 6.08 Å². The van der Waals surface area contributed by atoms with Crippen LogP contribution in [-0.4, -0.2) is 28.0 Å². The van der Waals surface area contributed by atoms with Crippen LogP contribution in [0.2, 0.25) is 19.6 Å². The summed E-state index contributed by atoms with van der Waals surface area (Å²) in [5.74, 6) is 1.02. The molecule has 0 atom stereocenters. The third-order valence-electron chi connectivity index (χ3n) is 2.73. The summed E-state index contributed by atoms with van der Waals surface area (Å²) in [6.45, 7) is 10.5. The Kier molecular flexibility index (Phi) is 7.10. The predicted octanol–water partition coefficient (Wildman–Crippen LogP) is 4.43. The maximum atomic E-state index is 11.6. The average molecular weight is 334 g/mol. The molecule has 4 nitrogen and oxygen atoms in total. The van der Waals surface area contributed by atoms with Crippen molar-refractivity contribution in [1.82, 2.24) is 0 Å². The van der Waals surface area contributed by atoms with E-state index in [4.69, 9.17) is 13.9 Å². The van der Waals surface area contributed by atoms with Gasteiger partial charge in [0.25, 0.3) is 0 Å². The Morgan fingerprint density at radius 2 is 1.87 bits per heavy atom. The van der Waals surface area contributed by atoms with Gasteiger partial charge in [-0.15, -0.1) is 0 Å².